The summed E-state index contributed by atoms with van der Waals surface area (Å²) in [7, 11) is 0. The Kier molecular flexibility index (Phi) is 2.42. The molecule has 100 valence electrons. The molecule has 4 rings (SSSR count). The second-order valence-corrected chi connectivity index (χ2v) is 5.05. The van der Waals surface area contributed by atoms with Gasteiger partial charge in [0, 0.05) is 24.3 Å². The molecule has 3 aromatic rings. The minimum atomic E-state index is -0.0356. The van der Waals surface area contributed by atoms with Gasteiger partial charge in [0.2, 0.25) is 0 Å². The first-order valence-corrected chi connectivity index (χ1v) is 6.73. The first kappa shape index (κ1) is 11.3. The van der Waals surface area contributed by atoms with E-state index in [1.165, 1.54) is 22.9 Å². The molecular formula is C16H14N2O2. The van der Waals surface area contributed by atoms with Crippen LogP contribution in [0.4, 0.5) is 0 Å². The van der Waals surface area contributed by atoms with Crippen molar-refractivity contribution in [2.45, 2.75) is 13.1 Å². The summed E-state index contributed by atoms with van der Waals surface area (Å²) >= 11 is 0. The molecule has 20 heavy (non-hydrogen) atoms. The number of para-hydroxylation sites is 1. The lowest BCUT2D eigenvalue weighted by Crippen LogP contribution is -2.37. The number of benzene rings is 1. The van der Waals surface area contributed by atoms with Crippen molar-refractivity contribution in [3.05, 3.63) is 60.2 Å². The summed E-state index contributed by atoms with van der Waals surface area (Å²) in [6.45, 7) is 2.18. The second kappa shape index (κ2) is 4.27. The number of rotatable bonds is 1. The SMILES string of the molecule is O=C(c1ccco1)N1CCn2c(cc3ccccc32)C1. The summed E-state index contributed by atoms with van der Waals surface area (Å²) in [6.07, 6.45) is 1.54. The van der Waals surface area contributed by atoms with E-state index in [1.54, 1.807) is 12.1 Å². The van der Waals surface area contributed by atoms with Gasteiger partial charge < -0.3 is 13.9 Å². The predicted octanol–water partition coefficient (Wildman–Crippen LogP) is 2.89. The third-order valence-electron chi connectivity index (χ3n) is 3.86. The van der Waals surface area contributed by atoms with E-state index < -0.39 is 0 Å². The van der Waals surface area contributed by atoms with Gasteiger partial charge in [0.1, 0.15) is 0 Å². The highest BCUT2D eigenvalue weighted by atomic mass is 16.3. The van der Waals surface area contributed by atoms with Crippen LogP contribution < -0.4 is 0 Å². The van der Waals surface area contributed by atoms with Crippen molar-refractivity contribution < 1.29 is 9.21 Å². The van der Waals surface area contributed by atoms with Crippen molar-refractivity contribution in [1.82, 2.24) is 9.47 Å². The van der Waals surface area contributed by atoms with Gasteiger partial charge in [0.25, 0.3) is 5.91 Å². The van der Waals surface area contributed by atoms with E-state index in [1.807, 2.05) is 11.0 Å². The average Bonchev–Trinajstić information content (AvgIpc) is 3.13. The van der Waals surface area contributed by atoms with E-state index in [0.717, 1.165) is 6.54 Å². The smallest absolute Gasteiger partial charge is 0.289 e. The predicted molar refractivity (Wildman–Crippen MR) is 75.4 cm³/mol. The Morgan fingerprint density at radius 3 is 2.85 bits per heavy atom. The molecular weight excluding hydrogens is 252 g/mol. The monoisotopic (exact) mass is 266 g/mol. The number of furan rings is 1. The van der Waals surface area contributed by atoms with Crippen LogP contribution in [0, 0.1) is 0 Å². The fraction of sp³-hybridized carbons (Fsp3) is 0.188. The number of aromatic nitrogens is 1. The zero-order valence-corrected chi connectivity index (χ0v) is 11.0. The van der Waals surface area contributed by atoms with E-state index in [2.05, 4.69) is 28.8 Å². The molecule has 3 heterocycles. The van der Waals surface area contributed by atoms with Crippen molar-refractivity contribution in [2.75, 3.05) is 6.54 Å². The molecule has 0 unspecified atom stereocenters. The molecule has 1 aromatic carbocycles. The zero-order valence-electron chi connectivity index (χ0n) is 11.0. The molecule has 0 spiro atoms. The molecule has 0 N–H and O–H groups in total. The van der Waals surface area contributed by atoms with Gasteiger partial charge in [0.05, 0.1) is 12.8 Å². The standard InChI is InChI=1S/C16H14N2O2/c19-16(15-6-3-9-20-15)17-7-8-18-13(11-17)10-12-4-1-2-5-14(12)18/h1-6,9-10H,7-8,11H2. The molecule has 0 saturated carbocycles. The number of amides is 1. The molecule has 0 atom stereocenters. The first-order chi connectivity index (χ1) is 9.83. The van der Waals surface area contributed by atoms with Crippen molar-refractivity contribution >= 4 is 16.8 Å². The van der Waals surface area contributed by atoms with Gasteiger partial charge in [-0.05, 0) is 29.7 Å². The average molecular weight is 266 g/mol. The summed E-state index contributed by atoms with van der Waals surface area (Å²) in [4.78, 5) is 14.1. The van der Waals surface area contributed by atoms with Crippen LogP contribution in [0.3, 0.4) is 0 Å². The third kappa shape index (κ3) is 1.65. The van der Waals surface area contributed by atoms with E-state index in [9.17, 15) is 4.79 Å². The Hall–Kier alpha value is -2.49. The molecule has 2 aromatic heterocycles. The summed E-state index contributed by atoms with van der Waals surface area (Å²) in [6, 6.07) is 14.0. The van der Waals surface area contributed by atoms with Crippen LogP contribution >= 0.6 is 0 Å². The summed E-state index contributed by atoms with van der Waals surface area (Å²) in [5.41, 5.74) is 2.42. The minimum absolute atomic E-state index is 0.0356. The Balaban J connectivity index is 1.68. The molecule has 4 heteroatoms. The van der Waals surface area contributed by atoms with Crippen LogP contribution in [0.5, 0.6) is 0 Å². The van der Waals surface area contributed by atoms with Gasteiger partial charge in [0.15, 0.2) is 5.76 Å². The normalized spacial score (nSPS) is 14.5. The lowest BCUT2D eigenvalue weighted by Gasteiger charge is -2.28. The van der Waals surface area contributed by atoms with E-state index in [-0.39, 0.29) is 5.91 Å². The number of hydrogen-bond acceptors (Lipinski definition) is 2. The highest BCUT2D eigenvalue weighted by molar-refractivity contribution is 5.91. The largest absolute Gasteiger partial charge is 0.459 e. The Morgan fingerprint density at radius 1 is 1.10 bits per heavy atom. The molecule has 0 saturated heterocycles. The lowest BCUT2D eigenvalue weighted by molar-refractivity contribution is 0.0680. The molecule has 0 fully saturated rings. The summed E-state index contributed by atoms with van der Waals surface area (Å²) < 4.78 is 7.49. The van der Waals surface area contributed by atoms with Gasteiger partial charge in [-0.2, -0.15) is 0 Å². The Bertz CT molecular complexity index is 771. The van der Waals surface area contributed by atoms with E-state index >= 15 is 0 Å². The third-order valence-corrected chi connectivity index (χ3v) is 3.86. The minimum Gasteiger partial charge on any atom is -0.459 e. The van der Waals surface area contributed by atoms with Gasteiger partial charge >= 0.3 is 0 Å². The molecule has 0 bridgehead atoms. The zero-order chi connectivity index (χ0) is 13.5. The highest BCUT2D eigenvalue weighted by Gasteiger charge is 2.24. The topological polar surface area (TPSA) is 38.4 Å². The van der Waals surface area contributed by atoms with Gasteiger partial charge in [-0.25, -0.2) is 0 Å². The quantitative estimate of drug-likeness (QED) is 0.679. The molecule has 1 aliphatic heterocycles. The van der Waals surface area contributed by atoms with Crippen molar-refractivity contribution in [3.8, 4) is 0 Å². The Morgan fingerprint density at radius 2 is 2.00 bits per heavy atom. The summed E-state index contributed by atoms with van der Waals surface area (Å²) in [5.74, 6) is 0.376. The van der Waals surface area contributed by atoms with Crippen LogP contribution in [-0.2, 0) is 13.1 Å². The van der Waals surface area contributed by atoms with Crippen LogP contribution in [0.2, 0.25) is 0 Å². The van der Waals surface area contributed by atoms with Crippen molar-refractivity contribution in [3.63, 3.8) is 0 Å². The van der Waals surface area contributed by atoms with Crippen molar-refractivity contribution in [1.29, 1.82) is 0 Å². The summed E-state index contributed by atoms with van der Waals surface area (Å²) in [5, 5.41) is 1.23. The fourth-order valence-corrected chi connectivity index (χ4v) is 2.89. The number of carbonyl (C=O) groups is 1. The van der Waals surface area contributed by atoms with E-state index in [0.29, 0.717) is 18.8 Å². The van der Waals surface area contributed by atoms with Crippen LogP contribution in [0.1, 0.15) is 16.2 Å². The molecule has 4 nitrogen and oxygen atoms in total. The van der Waals surface area contributed by atoms with Crippen LogP contribution in [0.25, 0.3) is 10.9 Å². The molecule has 0 radical (unpaired) electrons. The lowest BCUT2D eigenvalue weighted by atomic mass is 10.2. The van der Waals surface area contributed by atoms with Gasteiger partial charge in [-0.3, -0.25) is 4.79 Å². The maximum atomic E-state index is 12.3. The highest BCUT2D eigenvalue weighted by Crippen LogP contribution is 2.24. The first-order valence-electron chi connectivity index (χ1n) is 6.73. The fourth-order valence-electron chi connectivity index (χ4n) is 2.89. The Labute approximate surface area is 116 Å². The number of fused-ring (bicyclic) bond motifs is 3. The van der Waals surface area contributed by atoms with Crippen LogP contribution in [-0.4, -0.2) is 21.9 Å². The second-order valence-electron chi connectivity index (χ2n) is 5.05. The van der Waals surface area contributed by atoms with Gasteiger partial charge in [-0.15, -0.1) is 0 Å². The molecule has 1 amide bonds. The number of carbonyl (C=O) groups excluding carboxylic acids is 1. The maximum Gasteiger partial charge on any atom is 0.289 e. The van der Waals surface area contributed by atoms with Crippen LogP contribution in [0.15, 0.2) is 53.1 Å². The number of hydrogen-bond donors (Lipinski definition) is 0. The van der Waals surface area contributed by atoms with E-state index in [4.69, 9.17) is 4.42 Å². The molecule has 1 aliphatic rings. The number of nitrogens with zero attached hydrogens (tertiary/aromatic N) is 2. The maximum absolute atomic E-state index is 12.3. The molecule has 0 aliphatic carbocycles. The van der Waals surface area contributed by atoms with Crippen molar-refractivity contribution in [2.24, 2.45) is 0 Å². The van der Waals surface area contributed by atoms with Gasteiger partial charge in [-0.1, -0.05) is 18.2 Å².